The van der Waals surface area contributed by atoms with E-state index in [1.165, 1.54) is 0 Å². The molecule has 2 aliphatic rings. The van der Waals surface area contributed by atoms with Gasteiger partial charge in [-0.15, -0.1) is 0 Å². The average Bonchev–Trinajstić information content (AvgIpc) is 3.76. The lowest BCUT2D eigenvalue weighted by atomic mass is 10.0. The van der Waals surface area contributed by atoms with Crippen molar-refractivity contribution in [3.63, 3.8) is 0 Å². The molecule has 0 aromatic carbocycles. The van der Waals surface area contributed by atoms with Crippen LogP contribution in [0.2, 0.25) is 0 Å². The lowest BCUT2D eigenvalue weighted by Gasteiger charge is -2.16. The van der Waals surface area contributed by atoms with Crippen molar-refractivity contribution in [2.75, 3.05) is 164 Å². The molecule has 0 aromatic heterocycles. The van der Waals surface area contributed by atoms with Crippen LogP contribution in [0.5, 0.6) is 0 Å². The van der Waals surface area contributed by atoms with Crippen LogP contribution in [0.3, 0.4) is 0 Å². The Kier molecular flexibility index (Phi) is 34.7. The molecule has 2 aliphatic heterocycles. The van der Waals surface area contributed by atoms with Crippen molar-refractivity contribution in [3.05, 3.63) is 0 Å². The molecular weight excluding hydrogens is 772 g/mol. The maximum atomic E-state index is 12.2. The fraction of sp³-hybridized carbons (Fsp3) is 0.921. The van der Waals surface area contributed by atoms with E-state index in [0.29, 0.717) is 170 Å². The molecule has 0 unspecified atom stereocenters. The summed E-state index contributed by atoms with van der Waals surface area (Å²) in [6.45, 7) is 11.1. The van der Waals surface area contributed by atoms with Crippen LogP contribution in [0, 0.1) is 0 Å². The van der Waals surface area contributed by atoms with Crippen LogP contribution < -0.4 is 10.6 Å². The number of ketones is 1. The summed E-state index contributed by atoms with van der Waals surface area (Å²) in [5, 5.41) is 14.9. The predicted molar refractivity (Wildman–Crippen MR) is 210 cm³/mol. The summed E-state index contributed by atoms with van der Waals surface area (Å²) < 4.78 is 65.3. The molecular formula is C38H70N2O16S. The molecule has 0 spiro atoms. The number of hydrogen-bond acceptors (Lipinski definition) is 16. The Morgan fingerprint density at radius 2 is 0.825 bits per heavy atom. The molecule has 2 fully saturated rings. The van der Waals surface area contributed by atoms with Crippen molar-refractivity contribution < 1.29 is 76.3 Å². The van der Waals surface area contributed by atoms with Gasteiger partial charge in [0.25, 0.3) is 0 Å². The van der Waals surface area contributed by atoms with E-state index in [4.69, 9.17) is 61.9 Å². The van der Waals surface area contributed by atoms with Crippen LogP contribution in [-0.4, -0.2) is 205 Å². The molecule has 3 atom stereocenters. The van der Waals surface area contributed by atoms with E-state index < -0.39 is 5.97 Å². The Hall–Kier alpha value is -1.72. The topological polar surface area (TPSA) is 206 Å². The van der Waals surface area contributed by atoms with E-state index in [1.54, 1.807) is 0 Å². The number of carbonyl (C=O) groups is 3. The first-order chi connectivity index (χ1) is 28.1. The minimum absolute atomic E-state index is 0.00710. The van der Waals surface area contributed by atoms with Crippen LogP contribution in [-0.2, 0) is 66.4 Å². The van der Waals surface area contributed by atoms with Gasteiger partial charge in [-0.1, -0.05) is 6.42 Å². The number of ether oxygens (including phenoxy) is 12. The molecule has 2 heterocycles. The van der Waals surface area contributed by atoms with Gasteiger partial charge in [0, 0.05) is 30.5 Å². The van der Waals surface area contributed by atoms with E-state index in [1.807, 2.05) is 11.8 Å². The number of fused-ring (bicyclic) bond motifs is 1. The van der Waals surface area contributed by atoms with Crippen LogP contribution >= 0.6 is 11.8 Å². The molecule has 2 rings (SSSR count). The van der Waals surface area contributed by atoms with E-state index in [-0.39, 0.29) is 36.9 Å². The van der Waals surface area contributed by atoms with Crippen molar-refractivity contribution in [1.29, 1.82) is 0 Å². The Balaban J connectivity index is 1.14. The predicted octanol–water partition coefficient (Wildman–Crippen LogP) is 1.74. The van der Waals surface area contributed by atoms with Crippen molar-refractivity contribution in [2.45, 2.75) is 62.3 Å². The largest absolute Gasteiger partial charge is 0.481 e. The molecule has 19 heteroatoms. The van der Waals surface area contributed by atoms with Crippen molar-refractivity contribution in [2.24, 2.45) is 0 Å². The fourth-order valence-electron chi connectivity index (χ4n) is 5.49. The molecule has 2 saturated heterocycles. The first-order valence-corrected chi connectivity index (χ1v) is 21.5. The molecule has 57 heavy (non-hydrogen) atoms. The van der Waals surface area contributed by atoms with Gasteiger partial charge in [0.05, 0.1) is 170 Å². The highest BCUT2D eigenvalue weighted by molar-refractivity contribution is 8.00. The summed E-state index contributed by atoms with van der Waals surface area (Å²) >= 11 is 1.91. The highest BCUT2D eigenvalue weighted by Gasteiger charge is 2.42. The smallest absolute Gasteiger partial charge is 0.315 e. The van der Waals surface area contributed by atoms with E-state index in [9.17, 15) is 14.4 Å². The Morgan fingerprint density at radius 3 is 1.21 bits per heavy atom. The van der Waals surface area contributed by atoms with Gasteiger partial charge in [0.15, 0.2) is 0 Å². The summed E-state index contributed by atoms with van der Waals surface area (Å²) in [5.74, 6) is 0.378. The first kappa shape index (κ1) is 51.4. The number of aliphatic carboxylic acids is 1. The number of nitrogens with one attached hydrogen (secondary N) is 2. The molecule has 2 amide bonds. The molecule has 0 aromatic rings. The van der Waals surface area contributed by atoms with Crippen LogP contribution in [0.25, 0.3) is 0 Å². The number of rotatable bonds is 45. The van der Waals surface area contributed by atoms with Gasteiger partial charge in [0.2, 0.25) is 0 Å². The Labute approximate surface area is 342 Å². The number of amides is 2. The number of carboxylic acids is 1. The lowest BCUT2D eigenvalue weighted by Crippen LogP contribution is -2.36. The van der Waals surface area contributed by atoms with E-state index in [2.05, 4.69) is 10.6 Å². The highest BCUT2D eigenvalue weighted by atomic mass is 32.2. The lowest BCUT2D eigenvalue weighted by molar-refractivity contribution is -0.138. The average molecular weight is 843 g/mol. The Morgan fingerprint density at radius 1 is 0.474 bits per heavy atom. The number of urea groups is 1. The maximum Gasteiger partial charge on any atom is 0.315 e. The summed E-state index contributed by atoms with van der Waals surface area (Å²) in [4.78, 5) is 34.0. The molecule has 334 valence electrons. The second kappa shape index (κ2) is 38.5. The number of hydrogen-bond donors (Lipinski definition) is 3. The third-order valence-corrected chi connectivity index (χ3v) is 9.94. The third-order valence-electron chi connectivity index (χ3n) is 8.43. The molecule has 3 N–H and O–H groups in total. The zero-order valence-corrected chi connectivity index (χ0v) is 34.7. The molecule has 18 nitrogen and oxygen atoms in total. The van der Waals surface area contributed by atoms with Crippen LogP contribution in [0.15, 0.2) is 0 Å². The van der Waals surface area contributed by atoms with Crippen molar-refractivity contribution >= 4 is 29.5 Å². The fourth-order valence-corrected chi connectivity index (χ4v) is 7.03. The van der Waals surface area contributed by atoms with Gasteiger partial charge in [-0.05, 0) is 19.3 Å². The summed E-state index contributed by atoms with van der Waals surface area (Å²) in [5.41, 5.74) is 0. The summed E-state index contributed by atoms with van der Waals surface area (Å²) in [6.07, 6.45) is 4.83. The van der Waals surface area contributed by atoms with Gasteiger partial charge in [-0.25, -0.2) is 4.79 Å². The van der Waals surface area contributed by atoms with E-state index in [0.717, 1.165) is 31.4 Å². The summed E-state index contributed by atoms with van der Waals surface area (Å²) in [6, 6.07) is 0.433. The van der Waals surface area contributed by atoms with Crippen LogP contribution in [0.1, 0.15) is 44.9 Å². The van der Waals surface area contributed by atoms with E-state index >= 15 is 0 Å². The summed E-state index contributed by atoms with van der Waals surface area (Å²) in [7, 11) is 0. The first-order valence-electron chi connectivity index (χ1n) is 20.4. The number of carbonyl (C=O) groups excluding carboxylic acids is 2. The Bertz CT molecular complexity index is 974. The number of carboxylic acid groups (broad SMARTS) is 1. The van der Waals surface area contributed by atoms with Crippen molar-refractivity contribution in [1.82, 2.24) is 10.6 Å². The third kappa shape index (κ3) is 31.8. The van der Waals surface area contributed by atoms with Crippen LogP contribution in [0.4, 0.5) is 4.79 Å². The quantitative estimate of drug-likeness (QED) is 0.0590. The van der Waals surface area contributed by atoms with Gasteiger partial charge in [0.1, 0.15) is 5.78 Å². The molecule has 0 bridgehead atoms. The SMILES string of the molecule is O=C(O)CCOCCOCCOCCOCCOCCOCCOCCOCCOCCOCCOCCOCCCC(=O)CCCC[C@@H]1SC[C@@H]2NC(=O)N[C@@H]21. The molecule has 0 saturated carbocycles. The zero-order chi connectivity index (χ0) is 40.7. The monoisotopic (exact) mass is 842 g/mol. The minimum Gasteiger partial charge on any atom is -0.481 e. The zero-order valence-electron chi connectivity index (χ0n) is 33.8. The highest BCUT2D eigenvalue weighted by Crippen LogP contribution is 2.33. The molecule has 0 radical (unpaired) electrons. The number of Topliss-reactive ketones (excluding diaryl/α,β-unsaturated/α-hetero) is 1. The maximum absolute atomic E-state index is 12.2. The minimum atomic E-state index is -0.878. The number of unbranched alkanes of at least 4 members (excludes halogenated alkanes) is 1. The standard InChI is InChI=1S/C38H70N2O16S/c41-33(4-1-2-6-35-37-34(32-57-35)39-38(44)40-37)5-3-8-45-10-12-47-14-16-49-18-20-51-22-24-53-26-28-55-30-31-56-29-27-54-25-23-52-21-19-50-17-15-48-13-11-46-9-7-36(42)43/h34-35,37H,1-32H2,(H,42,43)(H2,39,40,44)/t34-,35-,37-/m0/s1. The second-order valence-corrected chi connectivity index (χ2v) is 14.3. The van der Waals surface area contributed by atoms with Gasteiger partial charge in [-0.2, -0.15) is 11.8 Å². The second-order valence-electron chi connectivity index (χ2n) is 13.0. The van der Waals surface area contributed by atoms with Gasteiger partial charge >= 0.3 is 12.0 Å². The van der Waals surface area contributed by atoms with Crippen molar-refractivity contribution in [3.8, 4) is 0 Å². The van der Waals surface area contributed by atoms with Gasteiger partial charge < -0.3 is 72.6 Å². The number of thioether (sulfide) groups is 1. The normalized spacial score (nSPS) is 17.5. The van der Waals surface area contributed by atoms with Gasteiger partial charge in [-0.3, -0.25) is 9.59 Å². The molecule has 0 aliphatic carbocycles.